The maximum absolute atomic E-state index is 12.3. The lowest BCUT2D eigenvalue weighted by Crippen LogP contribution is -2.46. The van der Waals surface area contributed by atoms with Crippen molar-refractivity contribution in [3.63, 3.8) is 0 Å². The molecule has 1 N–H and O–H groups in total. The summed E-state index contributed by atoms with van der Waals surface area (Å²) < 4.78 is 5.98. The summed E-state index contributed by atoms with van der Waals surface area (Å²) in [5.74, 6) is 0.546. The number of hydrogen-bond acceptors (Lipinski definition) is 5. The zero-order valence-corrected chi connectivity index (χ0v) is 15.1. The number of ether oxygens (including phenoxy) is 1. The van der Waals surface area contributed by atoms with Crippen molar-refractivity contribution in [1.29, 1.82) is 0 Å². The van der Waals surface area contributed by atoms with E-state index in [-0.39, 0.29) is 12.1 Å². The molecule has 0 saturated carbocycles. The van der Waals surface area contributed by atoms with Crippen LogP contribution in [0, 0.1) is 0 Å². The van der Waals surface area contributed by atoms with Crippen molar-refractivity contribution in [1.82, 2.24) is 20.2 Å². The first-order chi connectivity index (χ1) is 12.8. The van der Waals surface area contributed by atoms with E-state index >= 15 is 0 Å². The molecule has 2 amide bonds. The van der Waals surface area contributed by atoms with Crippen LogP contribution in [0.5, 0.6) is 5.88 Å². The molecule has 3 heterocycles. The van der Waals surface area contributed by atoms with Gasteiger partial charge in [-0.1, -0.05) is 18.2 Å². The Kier molecular flexibility index (Phi) is 4.97. The van der Waals surface area contributed by atoms with Crippen molar-refractivity contribution < 1.29 is 9.53 Å². The molecular formula is C19H20N4O2S. The van der Waals surface area contributed by atoms with Gasteiger partial charge in [0.2, 0.25) is 5.88 Å². The third kappa shape index (κ3) is 3.94. The van der Waals surface area contributed by atoms with E-state index in [4.69, 9.17) is 4.74 Å². The number of thiophene rings is 1. The molecule has 1 aliphatic heterocycles. The zero-order chi connectivity index (χ0) is 17.8. The van der Waals surface area contributed by atoms with Gasteiger partial charge in [0.25, 0.3) is 0 Å². The molecule has 134 valence electrons. The average Bonchev–Trinajstić information content (AvgIpc) is 3.20. The molecule has 6 nitrogen and oxygen atoms in total. The second-order valence-electron chi connectivity index (χ2n) is 6.24. The van der Waals surface area contributed by atoms with Gasteiger partial charge in [0.05, 0.1) is 23.8 Å². The summed E-state index contributed by atoms with van der Waals surface area (Å²) in [6, 6.07) is 11.7. The first kappa shape index (κ1) is 16.8. The van der Waals surface area contributed by atoms with Crippen LogP contribution in [0.15, 0.2) is 48.0 Å². The monoisotopic (exact) mass is 368 g/mol. The topological polar surface area (TPSA) is 67.4 Å². The number of carbonyl (C=O) groups is 1. The van der Waals surface area contributed by atoms with Crippen LogP contribution in [0.1, 0.15) is 17.7 Å². The zero-order valence-electron chi connectivity index (χ0n) is 14.3. The molecule has 1 aliphatic rings. The standard InChI is InChI=1S/C19H20N4O2S/c24-19(21-12-15-4-3-11-26-15)23-9-7-14(8-10-23)25-18-13-20-16-5-1-2-6-17(16)22-18/h1-6,11,13-14H,7-10,12H2,(H,21,24). The maximum Gasteiger partial charge on any atom is 0.317 e. The van der Waals surface area contributed by atoms with E-state index in [2.05, 4.69) is 15.3 Å². The Morgan fingerprint density at radius 3 is 2.77 bits per heavy atom. The smallest absolute Gasteiger partial charge is 0.317 e. The van der Waals surface area contributed by atoms with Crippen LogP contribution in [0.3, 0.4) is 0 Å². The quantitative estimate of drug-likeness (QED) is 0.766. The molecular weight excluding hydrogens is 348 g/mol. The van der Waals surface area contributed by atoms with Gasteiger partial charge in [0, 0.05) is 30.8 Å². The average molecular weight is 368 g/mol. The minimum Gasteiger partial charge on any atom is -0.473 e. The Hall–Kier alpha value is -2.67. The predicted molar refractivity (Wildman–Crippen MR) is 101 cm³/mol. The normalized spacial score (nSPS) is 15.2. The van der Waals surface area contributed by atoms with Crippen LogP contribution < -0.4 is 10.1 Å². The number of likely N-dealkylation sites (tertiary alicyclic amines) is 1. The largest absolute Gasteiger partial charge is 0.473 e. The van der Waals surface area contributed by atoms with E-state index in [1.165, 1.54) is 0 Å². The van der Waals surface area contributed by atoms with Gasteiger partial charge >= 0.3 is 6.03 Å². The van der Waals surface area contributed by atoms with E-state index in [0.29, 0.717) is 25.5 Å². The van der Waals surface area contributed by atoms with Gasteiger partial charge in [0.1, 0.15) is 6.10 Å². The summed E-state index contributed by atoms with van der Waals surface area (Å²) in [6.45, 7) is 1.95. The molecule has 1 saturated heterocycles. The summed E-state index contributed by atoms with van der Waals surface area (Å²) in [7, 11) is 0. The van der Waals surface area contributed by atoms with Crippen LogP contribution in [-0.2, 0) is 6.54 Å². The highest BCUT2D eigenvalue weighted by atomic mass is 32.1. The number of aromatic nitrogens is 2. The van der Waals surface area contributed by atoms with E-state index < -0.39 is 0 Å². The summed E-state index contributed by atoms with van der Waals surface area (Å²) in [5, 5.41) is 4.99. The first-order valence-corrected chi connectivity index (χ1v) is 9.59. The lowest BCUT2D eigenvalue weighted by molar-refractivity contribution is 0.107. The van der Waals surface area contributed by atoms with Crippen LogP contribution in [0.2, 0.25) is 0 Å². The van der Waals surface area contributed by atoms with Crippen LogP contribution >= 0.6 is 11.3 Å². The van der Waals surface area contributed by atoms with Gasteiger partial charge in [-0.15, -0.1) is 11.3 Å². The summed E-state index contributed by atoms with van der Waals surface area (Å²) in [6.07, 6.45) is 3.32. The van der Waals surface area contributed by atoms with Crippen molar-refractivity contribution in [3.8, 4) is 5.88 Å². The fourth-order valence-electron chi connectivity index (χ4n) is 3.03. The first-order valence-electron chi connectivity index (χ1n) is 8.71. The third-order valence-corrected chi connectivity index (χ3v) is 5.31. The number of nitrogens with one attached hydrogen (secondary N) is 1. The number of hydrogen-bond donors (Lipinski definition) is 1. The molecule has 2 aromatic heterocycles. The summed E-state index contributed by atoms with van der Waals surface area (Å²) in [5.41, 5.74) is 1.69. The number of rotatable bonds is 4. The molecule has 0 spiro atoms. The highest BCUT2D eigenvalue weighted by Crippen LogP contribution is 2.19. The number of urea groups is 1. The molecule has 1 fully saturated rings. The molecule has 26 heavy (non-hydrogen) atoms. The van der Waals surface area contributed by atoms with Crippen molar-refractivity contribution in [3.05, 3.63) is 52.9 Å². The number of nitrogens with zero attached hydrogens (tertiary/aromatic N) is 3. The molecule has 1 aromatic carbocycles. The summed E-state index contributed by atoms with van der Waals surface area (Å²) in [4.78, 5) is 24.1. The molecule has 0 aliphatic carbocycles. The minimum atomic E-state index is -0.0117. The molecule has 0 radical (unpaired) electrons. The fourth-order valence-corrected chi connectivity index (χ4v) is 3.68. The second kappa shape index (κ2) is 7.70. The summed E-state index contributed by atoms with van der Waals surface area (Å²) >= 11 is 1.65. The van der Waals surface area contributed by atoms with Crippen LogP contribution in [0.4, 0.5) is 4.79 Å². The lowest BCUT2D eigenvalue weighted by Gasteiger charge is -2.31. The Morgan fingerprint density at radius 1 is 1.19 bits per heavy atom. The number of amides is 2. The van der Waals surface area contributed by atoms with Gasteiger partial charge in [-0.05, 0) is 23.6 Å². The number of para-hydroxylation sites is 2. The van der Waals surface area contributed by atoms with Gasteiger partial charge in [-0.2, -0.15) is 0 Å². The molecule has 7 heteroatoms. The van der Waals surface area contributed by atoms with E-state index in [0.717, 1.165) is 28.8 Å². The number of fused-ring (bicyclic) bond motifs is 1. The molecule has 4 rings (SSSR count). The lowest BCUT2D eigenvalue weighted by atomic mass is 10.1. The van der Waals surface area contributed by atoms with Crippen molar-refractivity contribution in [2.24, 2.45) is 0 Å². The number of carbonyl (C=O) groups excluding carboxylic acids is 1. The number of piperidine rings is 1. The Balaban J connectivity index is 1.28. The molecule has 0 bridgehead atoms. The van der Waals surface area contributed by atoms with Gasteiger partial charge in [0.15, 0.2) is 0 Å². The Bertz CT molecular complexity index is 876. The van der Waals surface area contributed by atoms with Gasteiger partial charge in [-0.3, -0.25) is 0 Å². The van der Waals surface area contributed by atoms with Crippen molar-refractivity contribution in [2.45, 2.75) is 25.5 Å². The molecule has 0 atom stereocenters. The minimum absolute atomic E-state index is 0.0117. The van der Waals surface area contributed by atoms with Crippen molar-refractivity contribution >= 4 is 28.4 Å². The fraction of sp³-hybridized carbons (Fsp3) is 0.316. The van der Waals surface area contributed by atoms with Crippen molar-refractivity contribution in [2.75, 3.05) is 13.1 Å². The van der Waals surface area contributed by atoms with Gasteiger partial charge in [-0.25, -0.2) is 14.8 Å². The van der Waals surface area contributed by atoms with E-state index in [1.807, 2.05) is 46.7 Å². The third-order valence-electron chi connectivity index (χ3n) is 4.44. The highest BCUT2D eigenvalue weighted by molar-refractivity contribution is 7.09. The number of benzene rings is 1. The Morgan fingerprint density at radius 2 is 2.00 bits per heavy atom. The molecule has 0 unspecified atom stereocenters. The highest BCUT2D eigenvalue weighted by Gasteiger charge is 2.24. The van der Waals surface area contributed by atoms with Crippen LogP contribution in [-0.4, -0.2) is 40.1 Å². The predicted octanol–water partition coefficient (Wildman–Crippen LogP) is 3.44. The van der Waals surface area contributed by atoms with E-state index in [1.54, 1.807) is 17.5 Å². The molecule has 3 aromatic rings. The maximum atomic E-state index is 12.3. The SMILES string of the molecule is O=C(NCc1cccs1)N1CCC(Oc2cnc3ccccc3n2)CC1. The second-order valence-corrected chi connectivity index (χ2v) is 7.27. The van der Waals surface area contributed by atoms with Crippen LogP contribution in [0.25, 0.3) is 11.0 Å². The van der Waals surface area contributed by atoms with E-state index in [9.17, 15) is 4.79 Å². The van der Waals surface area contributed by atoms with Gasteiger partial charge < -0.3 is 15.0 Å². The Labute approximate surface area is 155 Å².